The second kappa shape index (κ2) is 15.7. The van der Waals surface area contributed by atoms with Gasteiger partial charge in [-0.2, -0.15) is 0 Å². The number of hydrogen-bond donors (Lipinski definition) is 0. The van der Waals surface area contributed by atoms with Gasteiger partial charge in [-0.15, -0.1) is 0 Å². The number of hydrogen-bond acceptors (Lipinski definition) is 2. The lowest BCUT2D eigenvalue weighted by Crippen LogP contribution is -2.11. The lowest BCUT2D eigenvalue weighted by atomic mass is 9.85. The van der Waals surface area contributed by atoms with Crippen molar-refractivity contribution in [2.75, 3.05) is 7.11 Å². The van der Waals surface area contributed by atoms with Gasteiger partial charge in [0.05, 0.1) is 24.2 Å². The van der Waals surface area contributed by atoms with E-state index >= 15 is 0 Å². The molecule has 0 bridgehead atoms. The molecule has 0 saturated carbocycles. The molecule has 308 valence electrons. The van der Waals surface area contributed by atoms with Crippen LogP contribution in [0.4, 0.5) is 0 Å². The van der Waals surface area contributed by atoms with Crippen molar-refractivity contribution in [1.82, 2.24) is 4.57 Å². The zero-order valence-corrected chi connectivity index (χ0v) is 38.5. The maximum Gasteiger partial charge on any atom is 0.126 e. The normalized spacial score (nSPS) is 14.6. The lowest BCUT2D eigenvalue weighted by Gasteiger charge is -2.22. The van der Waals surface area contributed by atoms with Crippen LogP contribution >= 0.6 is 0 Å². The first-order chi connectivity index (χ1) is 28.1. The summed E-state index contributed by atoms with van der Waals surface area (Å²) in [4.78, 5) is 5.69. The van der Waals surface area contributed by atoms with E-state index in [-0.39, 0.29) is 21.7 Å². The number of aliphatic imine (C=N–C) groups is 1. The minimum absolute atomic E-state index is 0.0300. The van der Waals surface area contributed by atoms with Gasteiger partial charge in [-0.25, -0.2) is 4.99 Å². The molecule has 0 unspecified atom stereocenters. The van der Waals surface area contributed by atoms with Crippen molar-refractivity contribution in [2.45, 2.75) is 105 Å². The van der Waals surface area contributed by atoms with E-state index in [1.54, 1.807) is 7.11 Å². The van der Waals surface area contributed by atoms with Gasteiger partial charge < -0.3 is 9.30 Å². The monoisotopic (exact) mass is 793 g/mol. The third-order valence-electron chi connectivity index (χ3n) is 12.1. The Morgan fingerprint density at radius 2 is 0.917 bits per heavy atom. The Morgan fingerprint density at radius 3 is 1.37 bits per heavy atom. The van der Waals surface area contributed by atoms with Crippen LogP contribution in [-0.2, 0) is 28.7 Å². The van der Waals surface area contributed by atoms with Crippen LogP contribution < -0.4 is 4.74 Å². The summed E-state index contributed by atoms with van der Waals surface area (Å²) in [6, 6.07) is 47.1. The summed E-state index contributed by atoms with van der Waals surface area (Å²) in [6.07, 6.45) is 2.29. The third kappa shape index (κ3) is 8.50. The molecule has 0 N–H and O–H groups in total. The minimum Gasteiger partial charge on any atom is -0.496 e. The number of para-hydroxylation sites is 1. The van der Waals surface area contributed by atoms with E-state index in [1.165, 1.54) is 22.3 Å². The molecule has 5 aromatic carbocycles. The molecule has 3 nitrogen and oxygen atoms in total. The fraction of sp³-hybridized carbons (Fsp3) is 0.316. The number of ether oxygens (including phenoxy) is 1. The predicted octanol–water partition coefficient (Wildman–Crippen LogP) is 14.9. The number of aromatic nitrogens is 1. The number of methoxy groups -OCH3 is 1. The van der Waals surface area contributed by atoms with Gasteiger partial charge in [0.25, 0.3) is 0 Å². The average molecular weight is 793 g/mol. The van der Waals surface area contributed by atoms with Crippen molar-refractivity contribution in [2.24, 2.45) is 12.0 Å². The summed E-state index contributed by atoms with van der Waals surface area (Å²) in [5.41, 5.74) is 18.2. The van der Waals surface area contributed by atoms with Crippen LogP contribution in [0.2, 0.25) is 0 Å². The highest BCUT2D eigenvalue weighted by Crippen LogP contribution is 2.47. The van der Waals surface area contributed by atoms with Crippen molar-refractivity contribution in [3.8, 4) is 28.1 Å². The fourth-order valence-corrected chi connectivity index (χ4v) is 8.18. The van der Waals surface area contributed by atoms with Crippen LogP contribution in [0.25, 0.3) is 33.5 Å². The van der Waals surface area contributed by atoms with E-state index in [9.17, 15) is 0 Å². The van der Waals surface area contributed by atoms with E-state index in [0.717, 1.165) is 73.1 Å². The second-order valence-corrected chi connectivity index (χ2v) is 20.6. The van der Waals surface area contributed by atoms with Gasteiger partial charge in [-0.3, -0.25) is 0 Å². The highest BCUT2D eigenvalue weighted by atomic mass is 16.5. The van der Waals surface area contributed by atoms with E-state index < -0.39 is 0 Å². The Bertz CT molecular complexity index is 2600. The Morgan fingerprint density at radius 1 is 0.500 bits per heavy atom. The standard InChI is InChI=1S/C57H64N2O/c1-54(2,3)41-27-19-37(20-28-41)46-35-48(39-23-31-43(32-24-39)56(7,8)9)58-52(46)51(45-17-15-16-18-50(45)60-14)53-47(38-21-29-42(30-22-38)55(4,5)6)36-49(59(53)13)40-25-33-44(34-26-40)57(10,11)12/h15-36H,1-14H3/b52-51-. The lowest BCUT2D eigenvalue weighted by molar-refractivity contribution is 0.413. The Hall–Kier alpha value is -5.67. The number of rotatable bonds is 7. The predicted molar refractivity (Wildman–Crippen MR) is 257 cm³/mol. The largest absolute Gasteiger partial charge is 0.496 e. The van der Waals surface area contributed by atoms with Gasteiger partial charge in [0.2, 0.25) is 0 Å². The van der Waals surface area contributed by atoms with Crippen molar-refractivity contribution < 1.29 is 4.74 Å². The molecular weight excluding hydrogens is 729 g/mol. The first-order valence-corrected chi connectivity index (χ1v) is 21.5. The van der Waals surface area contributed by atoms with Gasteiger partial charge in [0.15, 0.2) is 0 Å². The van der Waals surface area contributed by atoms with Crippen LogP contribution in [0.3, 0.4) is 0 Å². The van der Waals surface area contributed by atoms with Gasteiger partial charge in [-0.05, 0) is 78.8 Å². The Labute approximate surface area is 360 Å². The van der Waals surface area contributed by atoms with Crippen LogP contribution in [-0.4, -0.2) is 17.4 Å². The molecule has 60 heavy (non-hydrogen) atoms. The summed E-state index contributed by atoms with van der Waals surface area (Å²) in [7, 11) is 3.97. The molecule has 0 aliphatic carbocycles. The Balaban J connectivity index is 1.58. The highest BCUT2D eigenvalue weighted by Gasteiger charge is 2.30. The minimum atomic E-state index is 0.0300. The van der Waals surface area contributed by atoms with Crippen molar-refractivity contribution in [3.05, 3.63) is 184 Å². The molecule has 1 aliphatic rings. The molecule has 0 fully saturated rings. The fourth-order valence-electron chi connectivity index (χ4n) is 8.18. The van der Waals surface area contributed by atoms with Gasteiger partial charge in [-0.1, -0.05) is 198 Å². The van der Waals surface area contributed by atoms with Crippen LogP contribution in [0.15, 0.2) is 144 Å². The maximum absolute atomic E-state index is 6.22. The second-order valence-electron chi connectivity index (χ2n) is 20.6. The van der Waals surface area contributed by atoms with E-state index in [1.807, 2.05) is 6.07 Å². The number of nitrogens with zero attached hydrogens (tertiary/aromatic N) is 2. The van der Waals surface area contributed by atoms with Crippen LogP contribution in [0.5, 0.6) is 5.75 Å². The highest BCUT2D eigenvalue weighted by molar-refractivity contribution is 6.20. The van der Waals surface area contributed by atoms with Gasteiger partial charge in [0, 0.05) is 40.6 Å². The molecule has 1 aliphatic heterocycles. The molecule has 7 rings (SSSR count). The van der Waals surface area contributed by atoms with Crippen molar-refractivity contribution in [1.29, 1.82) is 0 Å². The smallest absolute Gasteiger partial charge is 0.126 e. The molecule has 0 radical (unpaired) electrons. The topological polar surface area (TPSA) is 26.5 Å². The first-order valence-electron chi connectivity index (χ1n) is 21.5. The SMILES string of the molecule is COc1ccccc1/C(=C1/N=C(c2ccc(C(C)(C)C)cc2)C=C1c1ccc(C(C)(C)C)cc1)c1c(-c2ccc(C(C)(C)C)cc2)cc(-c2ccc(C(C)(C)C)cc2)n1C. The quantitative estimate of drug-likeness (QED) is 0.158. The molecule has 2 heterocycles. The van der Waals surface area contributed by atoms with Gasteiger partial charge >= 0.3 is 0 Å². The molecule has 0 atom stereocenters. The first kappa shape index (κ1) is 42.5. The summed E-state index contributed by atoms with van der Waals surface area (Å²) in [6.45, 7) is 27.2. The van der Waals surface area contributed by atoms with Crippen LogP contribution in [0, 0.1) is 0 Å². The van der Waals surface area contributed by atoms with E-state index in [2.05, 4.69) is 222 Å². The summed E-state index contributed by atoms with van der Waals surface area (Å²) in [5.74, 6) is 0.798. The molecule has 3 heteroatoms. The third-order valence-corrected chi connectivity index (χ3v) is 12.1. The summed E-state index contributed by atoms with van der Waals surface area (Å²) >= 11 is 0. The average Bonchev–Trinajstić information content (AvgIpc) is 3.79. The molecular formula is C57H64N2O. The molecule has 0 saturated heterocycles. The summed E-state index contributed by atoms with van der Waals surface area (Å²) < 4.78 is 8.60. The van der Waals surface area contributed by atoms with E-state index in [4.69, 9.17) is 9.73 Å². The Kier molecular flexibility index (Phi) is 11.1. The number of benzene rings is 5. The van der Waals surface area contributed by atoms with Gasteiger partial charge in [0.1, 0.15) is 5.75 Å². The maximum atomic E-state index is 6.22. The van der Waals surface area contributed by atoms with Crippen molar-refractivity contribution >= 4 is 16.9 Å². The zero-order chi connectivity index (χ0) is 43.4. The van der Waals surface area contributed by atoms with Crippen LogP contribution in [0.1, 0.15) is 128 Å². The zero-order valence-electron chi connectivity index (χ0n) is 38.5. The van der Waals surface area contributed by atoms with E-state index in [0.29, 0.717) is 0 Å². The molecule has 1 aromatic heterocycles. The molecule has 0 spiro atoms. The van der Waals surface area contributed by atoms with Crippen molar-refractivity contribution in [3.63, 3.8) is 0 Å². The number of allylic oxidation sites excluding steroid dienone is 2. The molecule has 0 amide bonds. The molecule has 6 aromatic rings. The summed E-state index contributed by atoms with van der Waals surface area (Å²) in [5, 5.41) is 0.